The molecule has 0 saturated heterocycles. The standard InChI is InChI=1S/C38H53N3O6/c1-27(2)35(43)32-14-13-30-18-21-40(22-19-31(30)23-32)20-17-28-11-15-33(16-12-28)39-36(44)34(25-46-24-29-9-7-6-8-10-29)41(38(3,4)5)37(45)47-26-42/h6-10,13-14,23,26-28,33-34H,11-12,15-22,24-25H2,1-5H3,(H,39,44)/t28?,33?,34-/m0/s1. The fourth-order valence-electron chi connectivity index (χ4n) is 6.84. The fraction of sp³-hybridized carbons (Fsp3) is 0.579. The Balaban J connectivity index is 1.28. The van der Waals surface area contributed by atoms with Gasteiger partial charge in [-0.1, -0.05) is 56.3 Å². The number of nitrogens with one attached hydrogen (secondary N) is 1. The highest BCUT2D eigenvalue weighted by atomic mass is 16.6. The largest absolute Gasteiger partial charge is 0.418 e. The van der Waals surface area contributed by atoms with Crippen molar-refractivity contribution in [2.24, 2.45) is 11.8 Å². The zero-order valence-corrected chi connectivity index (χ0v) is 28.8. The summed E-state index contributed by atoms with van der Waals surface area (Å²) in [4.78, 5) is 54.0. The topological polar surface area (TPSA) is 105 Å². The molecular formula is C38H53N3O6. The number of benzene rings is 2. The molecule has 9 nitrogen and oxygen atoms in total. The van der Waals surface area contributed by atoms with Gasteiger partial charge >= 0.3 is 12.6 Å². The SMILES string of the molecule is CC(C)C(=O)c1ccc2c(c1)CCN(CCC1CCC(NC(=O)[C@H](COCc3ccccc3)N(C(=O)OC=O)C(C)(C)C)CC1)CC2. The summed E-state index contributed by atoms with van der Waals surface area (Å²) in [5, 5.41) is 3.19. The molecule has 0 radical (unpaired) electrons. The molecule has 9 heteroatoms. The molecule has 0 unspecified atom stereocenters. The molecule has 2 aliphatic rings. The maximum absolute atomic E-state index is 13.7. The van der Waals surface area contributed by atoms with E-state index >= 15 is 0 Å². The summed E-state index contributed by atoms with van der Waals surface area (Å²) in [5.74, 6) is 0.508. The zero-order chi connectivity index (χ0) is 34.0. The van der Waals surface area contributed by atoms with Gasteiger partial charge in [-0.3, -0.25) is 19.3 Å². The summed E-state index contributed by atoms with van der Waals surface area (Å²) >= 11 is 0. The Morgan fingerprint density at radius 3 is 2.30 bits per heavy atom. The fourth-order valence-corrected chi connectivity index (χ4v) is 6.84. The number of amides is 2. The third-order valence-corrected chi connectivity index (χ3v) is 9.53. The van der Waals surface area contributed by atoms with Crippen molar-refractivity contribution in [2.45, 2.75) is 104 Å². The van der Waals surface area contributed by atoms with Crippen LogP contribution in [0.5, 0.6) is 0 Å². The van der Waals surface area contributed by atoms with E-state index in [2.05, 4.69) is 22.3 Å². The lowest BCUT2D eigenvalue weighted by molar-refractivity contribution is -0.134. The predicted octanol–water partition coefficient (Wildman–Crippen LogP) is 5.97. The van der Waals surface area contributed by atoms with Crippen LogP contribution in [0.25, 0.3) is 0 Å². The van der Waals surface area contributed by atoms with Crippen molar-refractivity contribution in [1.82, 2.24) is 15.1 Å². The highest BCUT2D eigenvalue weighted by molar-refractivity contribution is 5.97. The highest BCUT2D eigenvalue weighted by Crippen LogP contribution is 2.29. The molecule has 256 valence electrons. The number of fused-ring (bicyclic) bond motifs is 1. The first-order chi connectivity index (χ1) is 22.5. The molecule has 1 fully saturated rings. The first-order valence-electron chi connectivity index (χ1n) is 17.2. The average Bonchev–Trinajstić information content (AvgIpc) is 3.25. The van der Waals surface area contributed by atoms with Crippen LogP contribution in [-0.4, -0.2) is 77.9 Å². The Morgan fingerprint density at radius 2 is 1.66 bits per heavy atom. The summed E-state index contributed by atoms with van der Waals surface area (Å²) in [6.07, 6.45) is 6.04. The van der Waals surface area contributed by atoms with E-state index < -0.39 is 17.7 Å². The Labute approximate surface area is 280 Å². The second-order valence-corrected chi connectivity index (χ2v) is 14.4. The van der Waals surface area contributed by atoms with E-state index in [1.165, 1.54) is 16.0 Å². The van der Waals surface area contributed by atoms with E-state index in [4.69, 9.17) is 9.47 Å². The molecule has 1 N–H and O–H groups in total. The molecule has 1 saturated carbocycles. The third kappa shape index (κ3) is 10.5. The van der Waals surface area contributed by atoms with Crippen LogP contribution in [0.15, 0.2) is 48.5 Å². The first-order valence-corrected chi connectivity index (χ1v) is 17.2. The summed E-state index contributed by atoms with van der Waals surface area (Å²) in [6.45, 7) is 12.7. The number of hydrogen-bond donors (Lipinski definition) is 1. The van der Waals surface area contributed by atoms with Crippen LogP contribution in [0.4, 0.5) is 4.79 Å². The quantitative estimate of drug-likeness (QED) is 0.162. The van der Waals surface area contributed by atoms with E-state index in [0.29, 0.717) is 12.5 Å². The number of carbonyl (C=O) groups is 4. The number of ketones is 1. The van der Waals surface area contributed by atoms with Gasteiger partial charge in [0.25, 0.3) is 0 Å². The molecule has 1 heterocycles. The summed E-state index contributed by atoms with van der Waals surface area (Å²) < 4.78 is 10.6. The second-order valence-electron chi connectivity index (χ2n) is 14.4. The second kappa shape index (κ2) is 17.0. The number of Topliss-reactive ketones (excluding diaryl/α,β-unsaturated/α-hetero) is 1. The summed E-state index contributed by atoms with van der Waals surface area (Å²) in [6, 6.07) is 14.9. The van der Waals surface area contributed by atoms with Crippen molar-refractivity contribution in [3.8, 4) is 0 Å². The smallest absolute Gasteiger partial charge is 0.379 e. The van der Waals surface area contributed by atoms with Gasteiger partial charge in [-0.05, 0) is 101 Å². The van der Waals surface area contributed by atoms with Crippen molar-refractivity contribution in [2.75, 3.05) is 26.2 Å². The minimum atomic E-state index is -0.962. The van der Waals surface area contributed by atoms with Gasteiger partial charge in [0.1, 0.15) is 6.04 Å². The van der Waals surface area contributed by atoms with Gasteiger partial charge in [-0.25, -0.2) is 4.79 Å². The number of hydrogen-bond acceptors (Lipinski definition) is 7. The Hall–Kier alpha value is -3.56. The van der Waals surface area contributed by atoms with Crippen molar-refractivity contribution in [3.05, 3.63) is 70.8 Å². The van der Waals surface area contributed by atoms with Gasteiger partial charge in [-0.2, -0.15) is 0 Å². The van der Waals surface area contributed by atoms with Gasteiger partial charge in [0.15, 0.2) is 5.78 Å². The molecule has 1 aliphatic heterocycles. The molecule has 1 atom stereocenters. The number of ether oxygens (including phenoxy) is 2. The highest BCUT2D eigenvalue weighted by Gasteiger charge is 2.40. The maximum atomic E-state index is 13.7. The van der Waals surface area contributed by atoms with E-state index in [9.17, 15) is 19.2 Å². The Bertz CT molecular complexity index is 1350. The average molecular weight is 648 g/mol. The van der Waals surface area contributed by atoms with Gasteiger partial charge in [0.2, 0.25) is 5.91 Å². The van der Waals surface area contributed by atoms with Crippen LogP contribution in [0.1, 0.15) is 93.8 Å². The van der Waals surface area contributed by atoms with E-state index in [1.807, 2.05) is 50.2 Å². The molecule has 0 spiro atoms. The van der Waals surface area contributed by atoms with Crippen LogP contribution < -0.4 is 5.32 Å². The number of nitrogens with zero attached hydrogens (tertiary/aromatic N) is 2. The lowest BCUT2D eigenvalue weighted by Crippen LogP contribution is -2.60. The Kier molecular flexibility index (Phi) is 13.1. The molecule has 47 heavy (non-hydrogen) atoms. The van der Waals surface area contributed by atoms with Crippen LogP contribution in [0, 0.1) is 11.8 Å². The predicted molar refractivity (Wildman–Crippen MR) is 182 cm³/mol. The molecule has 2 aromatic carbocycles. The molecule has 0 aromatic heterocycles. The summed E-state index contributed by atoms with van der Waals surface area (Å²) in [7, 11) is 0. The first kappa shape index (κ1) is 36.3. The molecular weight excluding hydrogens is 594 g/mol. The van der Waals surface area contributed by atoms with Crippen molar-refractivity contribution in [3.63, 3.8) is 0 Å². The molecule has 1 aliphatic carbocycles. The molecule has 2 aromatic rings. The third-order valence-electron chi connectivity index (χ3n) is 9.53. The lowest BCUT2D eigenvalue weighted by atomic mass is 9.84. The van der Waals surface area contributed by atoms with E-state index in [0.717, 1.165) is 75.7 Å². The van der Waals surface area contributed by atoms with Gasteiger partial charge in [0, 0.05) is 36.2 Å². The van der Waals surface area contributed by atoms with E-state index in [1.54, 1.807) is 20.8 Å². The molecule has 0 bridgehead atoms. The van der Waals surface area contributed by atoms with Crippen LogP contribution in [0.2, 0.25) is 0 Å². The van der Waals surface area contributed by atoms with Gasteiger partial charge in [0.05, 0.1) is 13.2 Å². The normalized spacial score (nSPS) is 19.3. The van der Waals surface area contributed by atoms with Crippen LogP contribution >= 0.6 is 0 Å². The van der Waals surface area contributed by atoms with Crippen LogP contribution in [-0.2, 0) is 38.5 Å². The zero-order valence-electron chi connectivity index (χ0n) is 28.8. The minimum Gasteiger partial charge on any atom is -0.379 e. The van der Waals surface area contributed by atoms with Crippen molar-refractivity contribution < 1.29 is 28.7 Å². The van der Waals surface area contributed by atoms with Gasteiger partial charge < -0.3 is 19.7 Å². The van der Waals surface area contributed by atoms with Crippen molar-refractivity contribution in [1.29, 1.82) is 0 Å². The summed E-state index contributed by atoms with van der Waals surface area (Å²) in [5.41, 5.74) is 3.66. The van der Waals surface area contributed by atoms with E-state index in [-0.39, 0.29) is 36.7 Å². The van der Waals surface area contributed by atoms with Crippen LogP contribution in [0.3, 0.4) is 0 Å². The monoisotopic (exact) mass is 647 g/mol. The lowest BCUT2D eigenvalue weighted by Gasteiger charge is -2.40. The number of carbonyl (C=O) groups excluding carboxylic acids is 4. The maximum Gasteiger partial charge on any atom is 0.418 e. The van der Waals surface area contributed by atoms with Gasteiger partial charge in [-0.15, -0.1) is 0 Å². The van der Waals surface area contributed by atoms with Crippen molar-refractivity contribution >= 4 is 24.3 Å². The molecule has 2 amide bonds. The minimum absolute atomic E-state index is 0.00417. The number of rotatable bonds is 13. The Morgan fingerprint density at radius 1 is 0.979 bits per heavy atom. The molecule has 4 rings (SSSR count).